The lowest BCUT2D eigenvalue weighted by Gasteiger charge is -2.11. The van der Waals surface area contributed by atoms with E-state index < -0.39 is 12.0 Å². The van der Waals surface area contributed by atoms with Crippen molar-refractivity contribution in [3.63, 3.8) is 0 Å². The van der Waals surface area contributed by atoms with Gasteiger partial charge in [-0.2, -0.15) is 4.98 Å². The lowest BCUT2D eigenvalue weighted by Crippen LogP contribution is -2.34. The van der Waals surface area contributed by atoms with E-state index in [-0.39, 0.29) is 23.9 Å². The number of aromatic nitrogens is 2. The van der Waals surface area contributed by atoms with E-state index in [4.69, 9.17) is 21.3 Å². The summed E-state index contributed by atoms with van der Waals surface area (Å²) in [6.45, 7) is -0.0836. The summed E-state index contributed by atoms with van der Waals surface area (Å²) in [5, 5.41) is 11.8. The zero-order valence-corrected chi connectivity index (χ0v) is 8.67. The minimum absolute atomic E-state index is 0.0836. The summed E-state index contributed by atoms with van der Waals surface area (Å²) in [7, 11) is 1.42. The molecule has 1 atom stereocenters. The molecule has 0 saturated heterocycles. The molecule has 16 heavy (non-hydrogen) atoms. The van der Waals surface area contributed by atoms with Crippen LogP contribution in [-0.4, -0.2) is 40.7 Å². The van der Waals surface area contributed by atoms with Crippen molar-refractivity contribution < 1.29 is 14.6 Å². The quantitative estimate of drug-likeness (QED) is 0.471. The summed E-state index contributed by atoms with van der Waals surface area (Å²) >= 11 is 0. The Morgan fingerprint density at radius 2 is 2.38 bits per heavy atom. The minimum atomic E-state index is -1.31. The van der Waals surface area contributed by atoms with Gasteiger partial charge in [-0.05, 0) is 0 Å². The Kier molecular flexibility index (Phi) is 3.84. The molecular weight excluding hydrogens is 214 g/mol. The van der Waals surface area contributed by atoms with Gasteiger partial charge in [-0.3, -0.25) is 4.79 Å². The van der Waals surface area contributed by atoms with E-state index in [1.807, 2.05) is 0 Å². The van der Waals surface area contributed by atoms with Gasteiger partial charge in [0.25, 0.3) is 0 Å². The van der Waals surface area contributed by atoms with Crippen LogP contribution in [0, 0.1) is 0 Å². The van der Waals surface area contributed by atoms with Crippen LogP contribution in [0.2, 0.25) is 0 Å². The van der Waals surface area contributed by atoms with Crippen LogP contribution in [0.5, 0.6) is 5.88 Å². The third-order valence-electron chi connectivity index (χ3n) is 1.83. The van der Waals surface area contributed by atoms with E-state index in [0.717, 1.165) is 0 Å². The van der Waals surface area contributed by atoms with Crippen LogP contribution in [0.25, 0.3) is 0 Å². The Labute approximate surface area is 91.6 Å². The average molecular weight is 227 g/mol. The highest BCUT2D eigenvalue weighted by Gasteiger charge is 2.13. The number of nitrogen functional groups attached to an aromatic ring is 1. The second kappa shape index (κ2) is 5.12. The first-order valence-electron chi connectivity index (χ1n) is 4.42. The maximum absolute atomic E-state index is 10.6. The summed E-state index contributed by atoms with van der Waals surface area (Å²) in [6.07, 6.45) is -0.0610. The first-order valence-corrected chi connectivity index (χ1v) is 4.42. The minimum Gasteiger partial charge on any atom is -0.479 e. The highest BCUT2D eigenvalue weighted by molar-refractivity contribution is 5.79. The molecule has 8 nitrogen and oxygen atoms in total. The molecule has 0 aliphatic carbocycles. The van der Waals surface area contributed by atoms with E-state index in [1.165, 1.54) is 13.4 Å². The Morgan fingerprint density at radius 3 is 2.94 bits per heavy atom. The number of primary amides is 1. The molecule has 0 aliphatic rings. The van der Waals surface area contributed by atoms with Gasteiger partial charge in [-0.1, -0.05) is 0 Å². The molecule has 0 aliphatic heterocycles. The van der Waals surface area contributed by atoms with Gasteiger partial charge in [-0.25, -0.2) is 4.98 Å². The maximum atomic E-state index is 10.6. The third-order valence-corrected chi connectivity index (χ3v) is 1.83. The molecule has 1 heterocycles. The van der Waals surface area contributed by atoms with Gasteiger partial charge in [0, 0.05) is 0 Å². The number of aliphatic hydroxyl groups is 1. The number of aliphatic hydroxyl groups excluding tert-OH is 1. The summed E-state index contributed by atoms with van der Waals surface area (Å²) in [5.74, 6) is -0.342. The molecular formula is C8H13N5O3. The molecule has 6 N–H and O–H groups in total. The van der Waals surface area contributed by atoms with Crippen LogP contribution in [0.15, 0.2) is 6.33 Å². The van der Waals surface area contributed by atoms with Crippen LogP contribution < -0.4 is 21.5 Å². The zero-order chi connectivity index (χ0) is 12.1. The number of hydrogen-bond acceptors (Lipinski definition) is 7. The number of methoxy groups -OCH3 is 1. The molecule has 1 aromatic rings. The van der Waals surface area contributed by atoms with Crippen LogP contribution in [0.3, 0.4) is 0 Å². The van der Waals surface area contributed by atoms with E-state index in [1.54, 1.807) is 0 Å². The normalized spacial score (nSPS) is 11.9. The van der Waals surface area contributed by atoms with E-state index in [2.05, 4.69) is 15.3 Å². The number of carbonyl (C=O) groups is 1. The highest BCUT2D eigenvalue weighted by atomic mass is 16.5. The zero-order valence-electron chi connectivity index (χ0n) is 8.67. The highest BCUT2D eigenvalue weighted by Crippen LogP contribution is 2.23. The number of nitrogens with one attached hydrogen (secondary N) is 1. The molecule has 0 aromatic carbocycles. The van der Waals surface area contributed by atoms with Crippen LogP contribution in [0.4, 0.5) is 11.5 Å². The first kappa shape index (κ1) is 12.0. The van der Waals surface area contributed by atoms with Crippen molar-refractivity contribution in [2.75, 3.05) is 24.7 Å². The second-order valence-electron chi connectivity index (χ2n) is 2.94. The lowest BCUT2D eigenvalue weighted by molar-refractivity contribution is -0.125. The number of amides is 1. The number of anilines is 2. The number of ether oxygens (including phenoxy) is 1. The molecule has 1 rings (SSSR count). The van der Waals surface area contributed by atoms with Gasteiger partial charge in [0.05, 0.1) is 13.7 Å². The lowest BCUT2D eigenvalue weighted by atomic mass is 10.3. The van der Waals surface area contributed by atoms with Gasteiger partial charge in [-0.15, -0.1) is 0 Å². The summed E-state index contributed by atoms with van der Waals surface area (Å²) in [5.41, 5.74) is 10.7. The summed E-state index contributed by atoms with van der Waals surface area (Å²) < 4.78 is 4.87. The Morgan fingerprint density at radius 1 is 1.69 bits per heavy atom. The van der Waals surface area contributed by atoms with Crippen molar-refractivity contribution in [3.8, 4) is 5.88 Å². The second-order valence-corrected chi connectivity index (χ2v) is 2.94. The van der Waals surface area contributed by atoms with E-state index >= 15 is 0 Å². The number of nitrogens with zero attached hydrogens (tertiary/aromatic N) is 2. The van der Waals surface area contributed by atoms with Gasteiger partial charge in [0.15, 0.2) is 5.82 Å². The predicted octanol–water partition coefficient (Wildman–Crippen LogP) is -1.67. The fourth-order valence-corrected chi connectivity index (χ4v) is 0.977. The molecule has 0 bridgehead atoms. The van der Waals surface area contributed by atoms with Crippen molar-refractivity contribution in [1.29, 1.82) is 0 Å². The first-order chi connectivity index (χ1) is 7.56. The van der Waals surface area contributed by atoms with Gasteiger partial charge < -0.3 is 26.6 Å². The van der Waals surface area contributed by atoms with Crippen molar-refractivity contribution in [3.05, 3.63) is 6.33 Å². The molecule has 1 amide bonds. The number of rotatable bonds is 5. The van der Waals surface area contributed by atoms with Crippen molar-refractivity contribution in [2.45, 2.75) is 6.10 Å². The van der Waals surface area contributed by atoms with Gasteiger partial charge in [0.1, 0.15) is 18.1 Å². The molecule has 0 saturated carbocycles. The standard InChI is InChI=1S/C8H13N5O3/c1-16-8-5(9)7(12-3-13-8)11-2-4(14)6(10)15/h3-4,14H,2,9H2,1H3,(H2,10,15)(H,11,12,13). The van der Waals surface area contributed by atoms with Gasteiger partial charge in [0.2, 0.25) is 11.8 Å². The molecule has 8 heteroatoms. The third kappa shape index (κ3) is 2.70. The van der Waals surface area contributed by atoms with E-state index in [0.29, 0.717) is 0 Å². The van der Waals surface area contributed by atoms with Crippen molar-refractivity contribution in [2.24, 2.45) is 5.73 Å². The predicted molar refractivity (Wildman–Crippen MR) is 56.7 cm³/mol. The maximum Gasteiger partial charge on any atom is 0.248 e. The van der Waals surface area contributed by atoms with Crippen LogP contribution >= 0.6 is 0 Å². The topological polar surface area (TPSA) is 136 Å². The fourth-order valence-electron chi connectivity index (χ4n) is 0.977. The SMILES string of the molecule is COc1ncnc(NCC(O)C(N)=O)c1N. The summed E-state index contributed by atoms with van der Waals surface area (Å²) in [6, 6.07) is 0. The van der Waals surface area contributed by atoms with Crippen LogP contribution in [0.1, 0.15) is 0 Å². The van der Waals surface area contributed by atoms with Crippen molar-refractivity contribution in [1.82, 2.24) is 9.97 Å². The van der Waals surface area contributed by atoms with Crippen molar-refractivity contribution >= 4 is 17.4 Å². The summed E-state index contributed by atoms with van der Waals surface area (Å²) in [4.78, 5) is 18.2. The Bertz CT molecular complexity index is 384. The molecule has 0 spiro atoms. The molecule has 0 fully saturated rings. The van der Waals surface area contributed by atoms with E-state index in [9.17, 15) is 4.79 Å². The monoisotopic (exact) mass is 227 g/mol. The molecule has 1 aromatic heterocycles. The number of carbonyl (C=O) groups excluding carboxylic acids is 1. The fraction of sp³-hybridized carbons (Fsp3) is 0.375. The number of hydrogen-bond donors (Lipinski definition) is 4. The smallest absolute Gasteiger partial charge is 0.248 e. The Balaban J connectivity index is 2.71. The average Bonchev–Trinajstić information content (AvgIpc) is 2.27. The largest absolute Gasteiger partial charge is 0.479 e. The molecule has 88 valence electrons. The van der Waals surface area contributed by atoms with Crippen LogP contribution in [-0.2, 0) is 4.79 Å². The molecule has 1 unspecified atom stereocenters. The number of nitrogens with two attached hydrogens (primary N) is 2. The molecule has 0 radical (unpaired) electrons. The Hall–Kier alpha value is -2.09. The van der Waals surface area contributed by atoms with Gasteiger partial charge >= 0.3 is 0 Å².